The lowest BCUT2D eigenvalue weighted by Gasteiger charge is -2.21. The number of aromatic amines is 1. The highest BCUT2D eigenvalue weighted by atomic mass is 35.5. The van der Waals surface area contributed by atoms with Crippen molar-refractivity contribution < 1.29 is 0 Å². The van der Waals surface area contributed by atoms with Gasteiger partial charge in [-0.1, -0.05) is 61.9 Å². The lowest BCUT2D eigenvalue weighted by atomic mass is 9.87. The molecule has 0 aliphatic heterocycles. The molecule has 0 radical (unpaired) electrons. The molecule has 0 spiro atoms. The smallest absolute Gasteiger partial charge is 0.0705 e. The van der Waals surface area contributed by atoms with Gasteiger partial charge in [0.15, 0.2) is 0 Å². The van der Waals surface area contributed by atoms with Crippen LogP contribution in [0.2, 0.25) is 5.02 Å². The second-order valence-corrected chi connectivity index (χ2v) is 6.31. The highest BCUT2D eigenvalue weighted by Crippen LogP contribution is 2.27. The zero-order chi connectivity index (χ0) is 13.8. The fraction of sp³-hybridized carbons (Fsp3) is 0.529. The van der Waals surface area contributed by atoms with E-state index in [0.717, 1.165) is 40.6 Å². The standard InChI is InChI=1S/C17H23ClN2/c18-17-14-8-4-5-9-15(14)20-16(17)12-19-11-10-13-6-2-1-3-7-13/h4-5,8-9,13,19-20H,1-3,6-7,10-12H2. The quantitative estimate of drug-likeness (QED) is 0.755. The zero-order valence-electron chi connectivity index (χ0n) is 11.9. The molecule has 108 valence electrons. The van der Waals surface area contributed by atoms with Crippen LogP contribution < -0.4 is 5.32 Å². The molecular formula is C17H23ClN2. The number of hydrogen-bond donors (Lipinski definition) is 2. The van der Waals surface area contributed by atoms with Crippen molar-refractivity contribution in [1.82, 2.24) is 10.3 Å². The average Bonchev–Trinajstić information content (AvgIpc) is 2.82. The van der Waals surface area contributed by atoms with E-state index in [1.807, 2.05) is 12.1 Å². The van der Waals surface area contributed by atoms with Crippen molar-refractivity contribution >= 4 is 22.5 Å². The van der Waals surface area contributed by atoms with Gasteiger partial charge in [-0.2, -0.15) is 0 Å². The lowest BCUT2D eigenvalue weighted by molar-refractivity contribution is 0.333. The third kappa shape index (κ3) is 3.18. The molecular weight excluding hydrogens is 268 g/mol. The average molecular weight is 291 g/mol. The van der Waals surface area contributed by atoms with Gasteiger partial charge in [-0.25, -0.2) is 0 Å². The van der Waals surface area contributed by atoms with E-state index in [1.165, 1.54) is 38.5 Å². The van der Waals surface area contributed by atoms with Crippen LogP contribution in [-0.4, -0.2) is 11.5 Å². The predicted molar refractivity (Wildman–Crippen MR) is 86.2 cm³/mol. The third-order valence-electron chi connectivity index (χ3n) is 4.47. The Hall–Kier alpha value is -0.990. The first kappa shape index (κ1) is 14.0. The molecule has 1 aliphatic rings. The summed E-state index contributed by atoms with van der Waals surface area (Å²) in [4.78, 5) is 3.41. The van der Waals surface area contributed by atoms with Gasteiger partial charge in [0.2, 0.25) is 0 Å². The van der Waals surface area contributed by atoms with Gasteiger partial charge in [-0.15, -0.1) is 0 Å². The summed E-state index contributed by atoms with van der Waals surface area (Å²) in [7, 11) is 0. The third-order valence-corrected chi connectivity index (χ3v) is 4.90. The number of rotatable bonds is 5. The topological polar surface area (TPSA) is 27.8 Å². The number of benzene rings is 1. The molecule has 0 bridgehead atoms. The van der Waals surface area contributed by atoms with Gasteiger partial charge in [-0.3, -0.25) is 0 Å². The molecule has 0 unspecified atom stereocenters. The van der Waals surface area contributed by atoms with Gasteiger partial charge >= 0.3 is 0 Å². The fourth-order valence-corrected chi connectivity index (χ4v) is 3.56. The summed E-state index contributed by atoms with van der Waals surface area (Å²) in [6, 6.07) is 8.21. The Kier molecular flexibility index (Phi) is 4.64. The highest BCUT2D eigenvalue weighted by Gasteiger charge is 2.13. The molecule has 1 heterocycles. The SMILES string of the molecule is Clc1c(CNCCC2CCCCC2)[nH]c2ccccc12. The Morgan fingerprint density at radius 2 is 1.95 bits per heavy atom. The number of aromatic nitrogens is 1. The van der Waals surface area contributed by atoms with Crippen LogP contribution in [0.5, 0.6) is 0 Å². The molecule has 3 heteroatoms. The molecule has 1 aromatic heterocycles. The van der Waals surface area contributed by atoms with Gasteiger partial charge < -0.3 is 10.3 Å². The molecule has 20 heavy (non-hydrogen) atoms. The first-order valence-corrected chi connectivity index (χ1v) is 8.18. The first-order chi connectivity index (χ1) is 9.84. The number of fused-ring (bicyclic) bond motifs is 1. The second-order valence-electron chi connectivity index (χ2n) is 5.93. The van der Waals surface area contributed by atoms with Gasteiger partial charge in [0.25, 0.3) is 0 Å². The predicted octanol–water partition coefficient (Wildman–Crippen LogP) is 4.88. The minimum absolute atomic E-state index is 0.834. The molecule has 2 nitrogen and oxygen atoms in total. The van der Waals surface area contributed by atoms with Crippen LogP contribution >= 0.6 is 11.6 Å². The number of halogens is 1. The van der Waals surface area contributed by atoms with Crippen molar-refractivity contribution in [1.29, 1.82) is 0 Å². The Labute approximate surface area is 125 Å². The molecule has 2 aromatic rings. The van der Waals surface area contributed by atoms with E-state index in [1.54, 1.807) is 0 Å². The van der Waals surface area contributed by atoms with Crippen molar-refractivity contribution in [2.75, 3.05) is 6.54 Å². The molecule has 0 saturated heterocycles. The Morgan fingerprint density at radius 1 is 1.15 bits per heavy atom. The monoisotopic (exact) mass is 290 g/mol. The second kappa shape index (κ2) is 6.64. The summed E-state index contributed by atoms with van der Waals surface area (Å²) in [5, 5.41) is 5.52. The van der Waals surface area contributed by atoms with Crippen LogP contribution in [-0.2, 0) is 6.54 Å². The van der Waals surface area contributed by atoms with Crippen LogP contribution in [0.3, 0.4) is 0 Å². The van der Waals surface area contributed by atoms with Crippen molar-refractivity contribution in [2.45, 2.75) is 45.1 Å². The van der Waals surface area contributed by atoms with Crippen molar-refractivity contribution in [2.24, 2.45) is 5.92 Å². The van der Waals surface area contributed by atoms with E-state index >= 15 is 0 Å². The van der Waals surface area contributed by atoms with E-state index in [9.17, 15) is 0 Å². The molecule has 3 rings (SSSR count). The molecule has 0 atom stereocenters. The van der Waals surface area contributed by atoms with Gasteiger partial charge in [0.1, 0.15) is 0 Å². The van der Waals surface area contributed by atoms with E-state index in [0.29, 0.717) is 0 Å². The van der Waals surface area contributed by atoms with Crippen molar-refractivity contribution in [3.05, 3.63) is 35.0 Å². The van der Waals surface area contributed by atoms with E-state index in [4.69, 9.17) is 11.6 Å². The Bertz CT molecular complexity index is 555. The van der Waals surface area contributed by atoms with Crippen molar-refractivity contribution in [3.63, 3.8) is 0 Å². The summed E-state index contributed by atoms with van der Waals surface area (Å²) < 4.78 is 0. The van der Waals surface area contributed by atoms with Gasteiger partial charge in [0.05, 0.1) is 5.02 Å². The summed E-state index contributed by atoms with van der Waals surface area (Å²) in [6.45, 7) is 1.93. The molecule has 1 aromatic carbocycles. The summed E-state index contributed by atoms with van der Waals surface area (Å²) in [6.07, 6.45) is 8.45. The zero-order valence-corrected chi connectivity index (χ0v) is 12.7. The Morgan fingerprint density at radius 3 is 2.75 bits per heavy atom. The normalized spacial score (nSPS) is 16.9. The van der Waals surface area contributed by atoms with E-state index in [-0.39, 0.29) is 0 Å². The molecule has 1 aliphatic carbocycles. The summed E-state index contributed by atoms with van der Waals surface area (Å²) in [5.74, 6) is 0.939. The number of para-hydroxylation sites is 1. The van der Waals surface area contributed by atoms with Crippen molar-refractivity contribution in [3.8, 4) is 0 Å². The maximum Gasteiger partial charge on any atom is 0.0705 e. The highest BCUT2D eigenvalue weighted by molar-refractivity contribution is 6.36. The summed E-state index contributed by atoms with van der Waals surface area (Å²) >= 11 is 6.41. The number of hydrogen-bond acceptors (Lipinski definition) is 1. The van der Waals surface area contributed by atoms with Crippen LogP contribution in [0.4, 0.5) is 0 Å². The first-order valence-electron chi connectivity index (χ1n) is 7.80. The number of nitrogens with one attached hydrogen (secondary N) is 2. The molecule has 0 amide bonds. The maximum atomic E-state index is 6.41. The fourth-order valence-electron chi connectivity index (χ4n) is 3.28. The minimum Gasteiger partial charge on any atom is -0.356 e. The number of H-pyrrole nitrogens is 1. The van der Waals surface area contributed by atoms with Gasteiger partial charge in [0, 0.05) is 23.1 Å². The molecule has 1 saturated carbocycles. The lowest BCUT2D eigenvalue weighted by Crippen LogP contribution is -2.19. The van der Waals surface area contributed by atoms with Crippen LogP contribution in [0.25, 0.3) is 10.9 Å². The van der Waals surface area contributed by atoms with E-state index in [2.05, 4.69) is 22.4 Å². The minimum atomic E-state index is 0.834. The van der Waals surface area contributed by atoms with E-state index < -0.39 is 0 Å². The molecule has 2 N–H and O–H groups in total. The summed E-state index contributed by atoms with van der Waals surface area (Å²) in [5.41, 5.74) is 2.23. The van der Waals surface area contributed by atoms with Gasteiger partial charge in [-0.05, 0) is 24.9 Å². The largest absolute Gasteiger partial charge is 0.356 e. The Balaban J connectivity index is 1.51. The van der Waals surface area contributed by atoms with Crippen LogP contribution in [0.15, 0.2) is 24.3 Å². The van der Waals surface area contributed by atoms with Crippen LogP contribution in [0.1, 0.15) is 44.2 Å². The van der Waals surface area contributed by atoms with Crippen LogP contribution in [0, 0.1) is 5.92 Å². The molecule has 1 fully saturated rings. The maximum absolute atomic E-state index is 6.41.